The topological polar surface area (TPSA) is 9.23 Å². The molecule has 1 nitrogen and oxygen atoms in total. The van der Waals surface area contributed by atoms with Crippen LogP contribution in [0.3, 0.4) is 0 Å². The van der Waals surface area contributed by atoms with Crippen molar-refractivity contribution in [3.8, 4) is 11.1 Å². The first-order valence-electron chi connectivity index (χ1n) is 9.71. The van der Waals surface area contributed by atoms with Crippen molar-refractivity contribution in [3.05, 3.63) is 66.7 Å². The average molecular weight is 402 g/mol. The van der Waals surface area contributed by atoms with Crippen molar-refractivity contribution in [2.24, 2.45) is 0 Å². The van der Waals surface area contributed by atoms with E-state index in [9.17, 15) is 0 Å². The largest absolute Gasteiger partial charge is 0.420 e. The first-order valence-corrected chi connectivity index (χ1v) is 11.4. The Hall–Kier alpha value is -1.75. The lowest BCUT2D eigenvalue weighted by molar-refractivity contribution is -0.00482. The van der Waals surface area contributed by atoms with Gasteiger partial charge < -0.3 is 4.65 Å². The molecule has 1 aliphatic rings. The summed E-state index contributed by atoms with van der Waals surface area (Å²) in [6, 6.07) is 24.4. The summed E-state index contributed by atoms with van der Waals surface area (Å²) >= 11 is 3.69. The normalized spacial score (nSPS) is 17.8. The molecule has 0 atom stereocenters. The van der Waals surface area contributed by atoms with Crippen molar-refractivity contribution < 1.29 is 4.65 Å². The number of hydrogen-bond donors (Lipinski definition) is 0. The predicted octanol–water partition coefficient (Wildman–Crippen LogP) is 7.89. The fourth-order valence-electron chi connectivity index (χ4n) is 3.72. The molecule has 0 unspecified atom stereocenters. The van der Waals surface area contributed by atoms with Crippen LogP contribution in [0.1, 0.15) is 27.7 Å². The molecule has 4 heteroatoms. The molecule has 1 aromatic heterocycles. The van der Waals surface area contributed by atoms with Gasteiger partial charge in [-0.15, -0.1) is 22.9 Å². The van der Waals surface area contributed by atoms with Crippen LogP contribution in [0, 0.1) is 0 Å². The highest BCUT2D eigenvalue weighted by Crippen LogP contribution is 2.58. The van der Waals surface area contributed by atoms with Crippen molar-refractivity contribution >= 4 is 49.3 Å². The van der Waals surface area contributed by atoms with Crippen LogP contribution in [0.5, 0.6) is 0 Å². The third kappa shape index (κ3) is 2.82. The van der Waals surface area contributed by atoms with Gasteiger partial charge in [0.25, 0.3) is 0 Å². The van der Waals surface area contributed by atoms with Crippen molar-refractivity contribution in [2.45, 2.75) is 43.5 Å². The van der Waals surface area contributed by atoms with Crippen LogP contribution < -0.4 is 0 Å². The summed E-state index contributed by atoms with van der Waals surface area (Å²) in [5, 5.41) is 2.87. The second-order valence-electron chi connectivity index (χ2n) is 8.63. The third-order valence-corrected chi connectivity index (χ3v) is 8.95. The van der Waals surface area contributed by atoms with E-state index in [1.807, 2.05) is 22.9 Å². The SMILES string of the molecule is CC1(C)OB(Sc2ccc(-c3ccc4sc5ccccc5c4c3)cc2)C1(C)C. The van der Waals surface area contributed by atoms with Crippen LogP contribution in [-0.2, 0) is 4.65 Å². The van der Waals surface area contributed by atoms with Gasteiger partial charge in [-0.2, -0.15) is 0 Å². The maximum atomic E-state index is 6.10. The fraction of sp³-hybridized carbons (Fsp3) is 0.250. The average Bonchev–Trinajstić information content (AvgIpc) is 3.06. The summed E-state index contributed by atoms with van der Waals surface area (Å²) in [5.74, 6) is 0. The van der Waals surface area contributed by atoms with Gasteiger partial charge in [-0.05, 0) is 60.2 Å². The molecule has 0 spiro atoms. The molecule has 4 aromatic rings. The molecular formula is C24H23BOS2. The first kappa shape index (κ1) is 18.3. The molecule has 0 N–H and O–H groups in total. The number of thiophene rings is 1. The highest BCUT2D eigenvalue weighted by atomic mass is 32.2. The molecule has 28 heavy (non-hydrogen) atoms. The van der Waals surface area contributed by atoms with Crippen molar-refractivity contribution in [3.63, 3.8) is 0 Å². The van der Waals surface area contributed by atoms with Gasteiger partial charge in [0.2, 0.25) is 0 Å². The summed E-state index contributed by atoms with van der Waals surface area (Å²) in [6.45, 7) is 8.95. The van der Waals surface area contributed by atoms with Crippen LogP contribution in [0.4, 0.5) is 0 Å². The van der Waals surface area contributed by atoms with E-state index in [0.29, 0.717) is 0 Å². The zero-order valence-corrected chi connectivity index (χ0v) is 18.3. The number of fused-ring (bicyclic) bond motifs is 3. The molecule has 0 saturated carbocycles. The Kier molecular flexibility index (Phi) is 4.17. The van der Waals surface area contributed by atoms with Gasteiger partial charge in [0, 0.05) is 31.1 Å². The zero-order chi connectivity index (χ0) is 19.5. The molecule has 1 saturated heterocycles. The van der Waals surface area contributed by atoms with Crippen molar-refractivity contribution in [2.75, 3.05) is 0 Å². The molecule has 140 valence electrons. The summed E-state index contributed by atoms with van der Waals surface area (Å²) in [7, 11) is 0. The standard InChI is InChI=1S/C24H23BOS2/c1-23(2)24(3,4)26-25(23)28-18-12-9-16(10-13-18)17-11-14-22-20(15-17)19-7-5-6-8-21(19)27-22/h5-15H,1-4H3. The van der Waals surface area contributed by atoms with Gasteiger partial charge in [0.15, 0.2) is 0 Å². The van der Waals surface area contributed by atoms with Crippen LogP contribution in [0.25, 0.3) is 31.3 Å². The van der Waals surface area contributed by atoms with E-state index in [-0.39, 0.29) is 17.1 Å². The lowest BCUT2D eigenvalue weighted by Gasteiger charge is -2.56. The van der Waals surface area contributed by atoms with E-state index < -0.39 is 0 Å². The summed E-state index contributed by atoms with van der Waals surface area (Å²) in [5.41, 5.74) is 2.48. The van der Waals surface area contributed by atoms with E-state index in [1.165, 1.54) is 36.2 Å². The van der Waals surface area contributed by atoms with E-state index in [0.717, 1.165) is 0 Å². The third-order valence-electron chi connectivity index (χ3n) is 6.35. The minimum atomic E-state index is -0.0523. The molecule has 1 fully saturated rings. The summed E-state index contributed by atoms with van der Waals surface area (Å²) < 4.78 is 8.81. The van der Waals surface area contributed by atoms with Crippen LogP contribution in [-0.4, -0.2) is 11.8 Å². The van der Waals surface area contributed by atoms with Gasteiger partial charge in [-0.25, -0.2) is 0 Å². The second-order valence-corrected chi connectivity index (χ2v) is 10.9. The Labute approximate surface area is 175 Å². The Morgan fingerprint density at radius 3 is 2.18 bits per heavy atom. The van der Waals surface area contributed by atoms with Gasteiger partial charge in [-0.3, -0.25) is 0 Å². The molecule has 0 amide bonds. The zero-order valence-electron chi connectivity index (χ0n) is 16.7. The summed E-state index contributed by atoms with van der Waals surface area (Å²) in [4.78, 5) is 1.26. The van der Waals surface area contributed by atoms with E-state index >= 15 is 0 Å². The Bertz CT molecular complexity index is 1170. The first-order chi connectivity index (χ1) is 13.3. The fourth-order valence-corrected chi connectivity index (χ4v) is 6.21. The van der Waals surface area contributed by atoms with Crippen LogP contribution in [0.15, 0.2) is 71.6 Å². The minimum absolute atomic E-state index is 0.0523. The maximum absolute atomic E-state index is 6.10. The van der Waals surface area contributed by atoms with Crippen LogP contribution >= 0.6 is 22.9 Å². The molecule has 1 aliphatic heterocycles. The number of rotatable bonds is 3. The van der Waals surface area contributed by atoms with Gasteiger partial charge in [0.1, 0.15) is 0 Å². The van der Waals surface area contributed by atoms with Gasteiger partial charge in [-0.1, -0.05) is 50.2 Å². The monoisotopic (exact) mass is 402 g/mol. The maximum Gasteiger partial charge on any atom is 0.375 e. The summed E-state index contributed by atoms with van der Waals surface area (Å²) in [6.07, 6.45) is 0.210. The van der Waals surface area contributed by atoms with Crippen LogP contribution in [0.2, 0.25) is 5.31 Å². The van der Waals surface area contributed by atoms with E-state index in [1.54, 1.807) is 0 Å². The number of benzene rings is 3. The quantitative estimate of drug-likeness (QED) is 0.322. The van der Waals surface area contributed by atoms with Gasteiger partial charge >= 0.3 is 6.19 Å². The number of hydrogen-bond acceptors (Lipinski definition) is 3. The molecule has 2 heterocycles. The molecule has 0 bridgehead atoms. The molecule has 0 aliphatic carbocycles. The smallest absolute Gasteiger partial charge is 0.375 e. The molecule has 0 radical (unpaired) electrons. The lowest BCUT2D eigenvalue weighted by Crippen LogP contribution is -2.59. The minimum Gasteiger partial charge on any atom is -0.420 e. The van der Waals surface area contributed by atoms with Crippen molar-refractivity contribution in [1.82, 2.24) is 0 Å². The predicted molar refractivity (Wildman–Crippen MR) is 126 cm³/mol. The Morgan fingerprint density at radius 2 is 1.46 bits per heavy atom. The van der Waals surface area contributed by atoms with Crippen molar-refractivity contribution in [1.29, 1.82) is 0 Å². The molecule has 5 rings (SSSR count). The van der Waals surface area contributed by atoms with E-state index in [2.05, 4.69) is 94.4 Å². The highest BCUT2D eigenvalue weighted by molar-refractivity contribution is 8.25. The molecule has 3 aromatic carbocycles. The lowest BCUT2D eigenvalue weighted by atomic mass is 9.49. The Balaban J connectivity index is 1.42. The van der Waals surface area contributed by atoms with E-state index in [4.69, 9.17) is 4.65 Å². The highest BCUT2D eigenvalue weighted by Gasteiger charge is 2.59. The van der Waals surface area contributed by atoms with Gasteiger partial charge in [0.05, 0.1) is 0 Å². The molecular weight excluding hydrogens is 379 g/mol. The second kappa shape index (κ2) is 6.38. The Morgan fingerprint density at radius 1 is 0.786 bits per heavy atom.